The van der Waals surface area contributed by atoms with Crippen LogP contribution in [0.25, 0.3) is 0 Å². The minimum absolute atomic E-state index is 0. The first-order valence-electron chi connectivity index (χ1n) is 15.6. The predicted molar refractivity (Wildman–Crippen MR) is 188 cm³/mol. The van der Waals surface area contributed by atoms with Crippen LogP contribution in [0.4, 0.5) is 16.2 Å². The summed E-state index contributed by atoms with van der Waals surface area (Å²) in [6.07, 6.45) is 7.97. The van der Waals surface area contributed by atoms with Gasteiger partial charge in [-0.05, 0) is 84.7 Å². The van der Waals surface area contributed by atoms with Gasteiger partial charge in [0.15, 0.2) is 0 Å². The van der Waals surface area contributed by atoms with Crippen LogP contribution in [0.15, 0.2) is 127 Å². The molecule has 0 aliphatic heterocycles. The third kappa shape index (κ3) is 10.3. The van der Waals surface area contributed by atoms with Gasteiger partial charge in [-0.3, -0.25) is 9.59 Å². The molecule has 19 heteroatoms. The van der Waals surface area contributed by atoms with E-state index in [1.807, 2.05) is 0 Å². The van der Waals surface area contributed by atoms with Crippen LogP contribution in [0.2, 0.25) is 0 Å². The molecule has 4 aliphatic rings. The van der Waals surface area contributed by atoms with Gasteiger partial charge in [0.05, 0.1) is 0 Å². The van der Waals surface area contributed by atoms with Gasteiger partial charge in [-0.2, -0.15) is 0 Å². The predicted octanol–water partition coefficient (Wildman–Crippen LogP) is -1.06. The summed E-state index contributed by atoms with van der Waals surface area (Å²) in [7, 11) is -9.42. The van der Waals surface area contributed by atoms with Crippen LogP contribution < -0.4 is 69.7 Å². The maximum atomic E-state index is 13.0. The number of carbonyl (C=O) groups is 3. The SMILES string of the molecule is O=C(Nc1cccc(C(=O)N=C2C=CC3CC(S(=O)(=O)[O-])=CC(O)=C3C2)c1)Nc1cccc(C(=O)N=C2C=CC3CC(S(=O)(=O)[O-])=CC(O)=C3C2)c1.[Na+].[Na+]. The Bertz CT molecular complexity index is 2250. The van der Waals surface area contributed by atoms with Crippen LogP contribution in [0.1, 0.15) is 46.4 Å². The van der Waals surface area contributed by atoms with E-state index in [0.717, 1.165) is 12.2 Å². The van der Waals surface area contributed by atoms with Gasteiger partial charge in [0.25, 0.3) is 11.8 Å². The number of fused-ring (bicyclic) bond motifs is 2. The molecule has 0 saturated carbocycles. The Kier molecular flexibility index (Phi) is 13.8. The molecule has 54 heavy (non-hydrogen) atoms. The Morgan fingerprint density at radius 2 is 1.06 bits per heavy atom. The Morgan fingerprint density at radius 3 is 1.43 bits per heavy atom. The Labute approximate surface area is 354 Å². The molecule has 0 radical (unpaired) electrons. The van der Waals surface area contributed by atoms with Crippen LogP contribution in [0, 0.1) is 11.8 Å². The molecule has 2 atom stereocenters. The van der Waals surface area contributed by atoms with E-state index in [2.05, 4.69) is 20.6 Å². The second kappa shape index (κ2) is 17.4. The van der Waals surface area contributed by atoms with Gasteiger partial charge in [-0.25, -0.2) is 31.6 Å². The Hall–Kier alpha value is -3.75. The number of hydrogen-bond donors (Lipinski definition) is 4. The van der Waals surface area contributed by atoms with Crippen molar-refractivity contribution in [2.24, 2.45) is 21.8 Å². The number of urea groups is 1. The summed E-state index contributed by atoms with van der Waals surface area (Å²) in [5.74, 6) is -3.03. The molecule has 4 aliphatic carbocycles. The first kappa shape index (κ1) is 43.0. The number of hydrogen-bond acceptors (Lipinski definition) is 11. The number of aliphatic hydroxyl groups excluding tert-OH is 2. The number of benzene rings is 2. The largest absolute Gasteiger partial charge is 1.00 e. The fraction of sp³-hybridized carbons (Fsp3) is 0.171. The number of nitrogens with zero attached hydrogens (tertiary/aromatic N) is 2. The van der Waals surface area contributed by atoms with Gasteiger partial charge in [0, 0.05) is 68.4 Å². The second-order valence-electron chi connectivity index (χ2n) is 12.2. The van der Waals surface area contributed by atoms with Crippen LogP contribution in [-0.2, 0) is 20.2 Å². The molecular weight excluding hydrogens is 763 g/mol. The summed E-state index contributed by atoms with van der Waals surface area (Å²) < 4.78 is 68.4. The average molecular weight is 791 g/mol. The van der Waals surface area contributed by atoms with E-state index in [-0.39, 0.29) is 119 Å². The zero-order valence-corrected chi connectivity index (χ0v) is 34.5. The molecule has 268 valence electrons. The third-order valence-electron chi connectivity index (χ3n) is 8.64. The van der Waals surface area contributed by atoms with Crippen molar-refractivity contribution in [2.75, 3.05) is 10.6 Å². The molecule has 2 aromatic carbocycles. The number of aliphatic imine (C=N–C) groups is 2. The van der Waals surface area contributed by atoms with E-state index in [1.165, 1.54) is 48.6 Å². The van der Waals surface area contributed by atoms with E-state index in [4.69, 9.17) is 0 Å². The van der Waals surface area contributed by atoms with Gasteiger partial charge in [0.2, 0.25) is 0 Å². The summed E-state index contributed by atoms with van der Waals surface area (Å²) in [4.78, 5) is 46.2. The van der Waals surface area contributed by atoms with Crippen molar-refractivity contribution in [2.45, 2.75) is 25.7 Å². The molecule has 4 N–H and O–H groups in total. The van der Waals surface area contributed by atoms with Gasteiger partial charge in [0.1, 0.15) is 31.8 Å². The smallest absolute Gasteiger partial charge is 0.744 e. The van der Waals surface area contributed by atoms with E-state index >= 15 is 0 Å². The summed E-state index contributed by atoms with van der Waals surface area (Å²) in [6, 6.07) is 11.3. The quantitative estimate of drug-likeness (QED) is 0.203. The molecule has 4 amide bonds. The maximum Gasteiger partial charge on any atom is 1.00 e. The topological polar surface area (TPSA) is 255 Å². The van der Waals surface area contributed by atoms with E-state index < -0.39 is 59.7 Å². The van der Waals surface area contributed by atoms with Gasteiger partial charge in [-0.1, -0.05) is 24.3 Å². The van der Waals surface area contributed by atoms with Crippen molar-refractivity contribution in [3.63, 3.8) is 0 Å². The fourth-order valence-corrected chi connectivity index (χ4v) is 7.37. The second-order valence-corrected chi connectivity index (χ2v) is 15.1. The molecule has 6 rings (SSSR count). The number of nitrogens with one attached hydrogen (secondary N) is 2. The van der Waals surface area contributed by atoms with Crippen molar-refractivity contribution in [1.29, 1.82) is 0 Å². The van der Waals surface area contributed by atoms with E-state index in [9.17, 15) is 50.5 Å². The van der Waals surface area contributed by atoms with Crippen molar-refractivity contribution in [3.8, 4) is 0 Å². The summed E-state index contributed by atoms with van der Waals surface area (Å²) in [5.41, 5.74) is 2.26. The minimum Gasteiger partial charge on any atom is -0.744 e. The first-order chi connectivity index (χ1) is 24.5. The number of amides is 4. The molecule has 2 unspecified atom stereocenters. The number of allylic oxidation sites excluding steroid dienone is 10. The minimum atomic E-state index is -4.71. The number of anilines is 2. The molecule has 0 bridgehead atoms. The molecule has 0 fully saturated rings. The molecule has 2 aromatic rings. The zero-order valence-electron chi connectivity index (χ0n) is 28.8. The van der Waals surface area contributed by atoms with E-state index in [1.54, 1.807) is 24.3 Å². The average Bonchev–Trinajstić information content (AvgIpc) is 3.08. The van der Waals surface area contributed by atoms with Crippen LogP contribution in [-0.4, -0.2) is 65.4 Å². The Balaban J connectivity index is 0.00000325. The Morgan fingerprint density at radius 1 is 0.667 bits per heavy atom. The van der Waals surface area contributed by atoms with Crippen LogP contribution in [0.3, 0.4) is 0 Å². The maximum absolute atomic E-state index is 13.0. The summed E-state index contributed by atoms with van der Waals surface area (Å²) in [5, 5.41) is 25.9. The van der Waals surface area contributed by atoms with Gasteiger partial charge < -0.3 is 30.0 Å². The van der Waals surface area contributed by atoms with Crippen molar-refractivity contribution in [1.82, 2.24) is 0 Å². The zero-order chi connectivity index (χ0) is 37.4. The van der Waals surface area contributed by atoms with Gasteiger partial charge in [-0.15, -0.1) is 0 Å². The summed E-state index contributed by atoms with van der Waals surface area (Å²) >= 11 is 0. The monoisotopic (exact) mass is 790 g/mol. The van der Waals surface area contributed by atoms with Gasteiger partial charge >= 0.3 is 65.1 Å². The third-order valence-corrected chi connectivity index (χ3v) is 10.5. The van der Waals surface area contributed by atoms with Crippen molar-refractivity contribution in [3.05, 3.63) is 129 Å². The normalized spacial score (nSPS) is 20.9. The molecular formula is C35H28N4Na2O11S2. The molecule has 0 saturated heterocycles. The standard InChI is InChI=1S/C35H30N4O11S2.2Na/c40-31-17-27(51(45,46)47)13-19-7-9-25(15-29(19)31)36-33(42)21-3-1-5-23(11-21)38-35(44)39-24-6-2-4-22(12-24)34(43)37-26-10-8-20-14-28(52(48,49)50)18-32(41)30(20)16-26;;/h1-12,17-20,40-41H,13-16H2,(H2,38,39,44)(H,45,46,47)(H,48,49,50);;/q;2*+1/p-2. The first-order valence-corrected chi connectivity index (χ1v) is 18.4. The molecule has 0 spiro atoms. The number of aliphatic hydroxyl groups is 2. The van der Waals surface area contributed by atoms with E-state index in [0.29, 0.717) is 22.6 Å². The van der Waals surface area contributed by atoms with Crippen LogP contribution in [0.5, 0.6) is 0 Å². The molecule has 0 aromatic heterocycles. The van der Waals surface area contributed by atoms with Crippen molar-refractivity contribution < 1.29 is 110 Å². The molecule has 0 heterocycles. The number of rotatable bonds is 6. The van der Waals surface area contributed by atoms with Crippen molar-refractivity contribution >= 4 is 60.9 Å². The molecule has 15 nitrogen and oxygen atoms in total. The van der Waals surface area contributed by atoms with Crippen LogP contribution >= 0.6 is 0 Å². The number of carbonyl (C=O) groups excluding carboxylic acids is 3. The fourth-order valence-electron chi connectivity index (χ4n) is 6.09. The summed E-state index contributed by atoms with van der Waals surface area (Å²) in [6.45, 7) is 0.